The molecule has 0 aliphatic heterocycles. The van der Waals surface area contributed by atoms with Crippen molar-refractivity contribution in [3.8, 4) is 11.5 Å². The highest BCUT2D eigenvalue weighted by atomic mass is 19.4. The Kier molecular flexibility index (Phi) is 9.59. The monoisotopic (exact) mass is 570 g/mol. The predicted molar refractivity (Wildman–Crippen MR) is 130 cm³/mol. The molecule has 0 aliphatic rings. The zero-order chi connectivity index (χ0) is 29.3. The lowest BCUT2D eigenvalue weighted by molar-refractivity contribution is -0.274. The van der Waals surface area contributed by atoms with Crippen LogP contribution in [-0.4, -0.2) is 42.8 Å². The second kappa shape index (κ2) is 12.9. The summed E-state index contributed by atoms with van der Waals surface area (Å²) in [5.41, 5.74) is -0.786. The van der Waals surface area contributed by atoms with E-state index in [1.807, 2.05) is 0 Å². The maximum atomic E-state index is 12.6. The number of aromatic carboxylic acids is 1. The Morgan fingerprint density at radius 2 is 1.52 bits per heavy atom. The number of alkyl halides is 6. The predicted octanol–water partition coefficient (Wildman–Crippen LogP) is 6.37. The lowest BCUT2D eigenvalue weighted by Gasteiger charge is -2.12. The molecule has 14 heteroatoms. The van der Waals surface area contributed by atoms with Gasteiger partial charge in [-0.15, -0.1) is 13.2 Å². The van der Waals surface area contributed by atoms with E-state index in [2.05, 4.69) is 15.2 Å². The third kappa shape index (κ3) is 9.22. The minimum atomic E-state index is -4.89. The average Bonchev–Trinajstić information content (AvgIpc) is 2.87. The molecule has 0 aliphatic carbocycles. The minimum Gasteiger partial charge on any atom is -0.493 e. The highest BCUT2D eigenvalue weighted by molar-refractivity contribution is 6.08. The van der Waals surface area contributed by atoms with E-state index < -0.39 is 35.7 Å². The first-order valence-electron chi connectivity index (χ1n) is 11.3. The number of anilines is 1. The van der Waals surface area contributed by atoms with Crippen molar-refractivity contribution >= 4 is 23.8 Å². The van der Waals surface area contributed by atoms with Gasteiger partial charge >= 0.3 is 18.5 Å². The summed E-state index contributed by atoms with van der Waals surface area (Å²) in [6, 6.07) is 12.2. The quantitative estimate of drug-likeness (QED) is 0.120. The second-order valence-electron chi connectivity index (χ2n) is 7.93. The highest BCUT2D eigenvalue weighted by Gasteiger charge is 2.31. The average molecular weight is 570 g/mol. The number of hydrogen-bond acceptors (Lipinski definition) is 6. The fourth-order valence-electron chi connectivity index (χ4n) is 3.13. The van der Waals surface area contributed by atoms with Crippen LogP contribution in [0.15, 0.2) is 71.9 Å². The fourth-order valence-corrected chi connectivity index (χ4v) is 3.13. The Labute approximate surface area is 222 Å². The van der Waals surface area contributed by atoms with Crippen molar-refractivity contribution in [3.63, 3.8) is 0 Å². The molecular weight excluding hydrogens is 550 g/mol. The summed E-state index contributed by atoms with van der Waals surface area (Å²) in [4.78, 5) is 29.1. The van der Waals surface area contributed by atoms with Crippen molar-refractivity contribution in [1.82, 2.24) is 0 Å². The fraction of sp³-hybridized carbons (Fsp3) is 0.192. The molecule has 0 spiro atoms. The Bertz CT molecular complexity index is 1340. The van der Waals surface area contributed by atoms with E-state index in [-0.39, 0.29) is 35.8 Å². The summed E-state index contributed by atoms with van der Waals surface area (Å²) in [5.74, 6) is -2.44. The molecule has 0 aromatic heterocycles. The van der Waals surface area contributed by atoms with Crippen molar-refractivity contribution < 1.29 is 55.3 Å². The number of nitrogens with zero attached hydrogens (tertiary/aromatic N) is 1. The van der Waals surface area contributed by atoms with E-state index in [4.69, 9.17) is 9.57 Å². The molecule has 40 heavy (non-hydrogen) atoms. The van der Waals surface area contributed by atoms with Crippen LogP contribution in [0.3, 0.4) is 0 Å². The van der Waals surface area contributed by atoms with Crippen LogP contribution in [0.5, 0.6) is 11.5 Å². The molecule has 8 nitrogen and oxygen atoms in total. The van der Waals surface area contributed by atoms with Crippen LogP contribution in [0.4, 0.5) is 32.0 Å². The molecule has 3 rings (SSSR count). The number of carbonyl (C=O) groups excluding carboxylic acids is 1. The SMILES string of the molecule is O=C(Nc1cc(OCCCON=Cc2ccc(C(F)(F)F)cc2)ccc1C(=O)O)c1ccc(OC(F)(F)F)cc1. The molecular formula is C26H20F6N2O6. The number of carbonyl (C=O) groups is 2. The number of halogens is 6. The van der Waals surface area contributed by atoms with Gasteiger partial charge in [-0.3, -0.25) is 4.79 Å². The topological polar surface area (TPSA) is 106 Å². The number of ether oxygens (including phenoxy) is 2. The number of hydrogen-bond donors (Lipinski definition) is 2. The van der Waals surface area contributed by atoms with Gasteiger partial charge in [0.1, 0.15) is 18.1 Å². The van der Waals surface area contributed by atoms with E-state index in [1.54, 1.807) is 0 Å². The van der Waals surface area contributed by atoms with Crippen LogP contribution in [0, 0.1) is 0 Å². The van der Waals surface area contributed by atoms with E-state index in [1.165, 1.54) is 36.5 Å². The van der Waals surface area contributed by atoms with Gasteiger partial charge in [0.15, 0.2) is 0 Å². The highest BCUT2D eigenvalue weighted by Crippen LogP contribution is 2.29. The third-order valence-corrected chi connectivity index (χ3v) is 4.98. The van der Waals surface area contributed by atoms with Crippen LogP contribution in [0.2, 0.25) is 0 Å². The van der Waals surface area contributed by atoms with Gasteiger partial charge in [0, 0.05) is 18.1 Å². The molecule has 0 radical (unpaired) electrons. The first-order valence-corrected chi connectivity index (χ1v) is 11.3. The van der Waals surface area contributed by atoms with Gasteiger partial charge in [-0.2, -0.15) is 13.2 Å². The van der Waals surface area contributed by atoms with Gasteiger partial charge in [-0.1, -0.05) is 17.3 Å². The molecule has 3 aromatic carbocycles. The molecule has 0 saturated heterocycles. The van der Waals surface area contributed by atoms with Crippen molar-refractivity contribution in [1.29, 1.82) is 0 Å². The largest absolute Gasteiger partial charge is 0.573 e. The van der Waals surface area contributed by atoms with Crippen molar-refractivity contribution in [3.05, 3.63) is 89.0 Å². The van der Waals surface area contributed by atoms with Gasteiger partial charge in [-0.25, -0.2) is 4.79 Å². The number of carboxylic acids is 1. The van der Waals surface area contributed by atoms with Crippen LogP contribution < -0.4 is 14.8 Å². The maximum Gasteiger partial charge on any atom is 0.573 e. The molecule has 0 atom stereocenters. The van der Waals surface area contributed by atoms with Crippen LogP contribution in [0.25, 0.3) is 0 Å². The number of rotatable bonds is 11. The van der Waals surface area contributed by atoms with Gasteiger partial charge in [0.05, 0.1) is 29.6 Å². The zero-order valence-electron chi connectivity index (χ0n) is 20.3. The van der Waals surface area contributed by atoms with E-state index in [9.17, 15) is 41.0 Å². The Morgan fingerprint density at radius 1 is 0.875 bits per heavy atom. The maximum absolute atomic E-state index is 12.6. The molecule has 3 aromatic rings. The normalized spacial score (nSPS) is 11.8. The summed E-state index contributed by atoms with van der Waals surface area (Å²) in [6.07, 6.45) is -7.75. The summed E-state index contributed by atoms with van der Waals surface area (Å²) in [7, 11) is 0. The van der Waals surface area contributed by atoms with Crippen LogP contribution in [-0.2, 0) is 11.0 Å². The molecule has 212 valence electrons. The van der Waals surface area contributed by atoms with Crippen molar-refractivity contribution in [2.24, 2.45) is 5.16 Å². The molecule has 0 bridgehead atoms. The smallest absolute Gasteiger partial charge is 0.493 e. The number of amides is 1. The molecule has 0 saturated carbocycles. The molecule has 1 amide bonds. The zero-order valence-corrected chi connectivity index (χ0v) is 20.3. The summed E-state index contributed by atoms with van der Waals surface area (Å²) in [5, 5.41) is 15.5. The lowest BCUT2D eigenvalue weighted by atomic mass is 10.1. The first kappa shape index (κ1) is 29.8. The Hall–Kier alpha value is -4.75. The summed E-state index contributed by atoms with van der Waals surface area (Å²) >= 11 is 0. The van der Waals surface area contributed by atoms with Crippen molar-refractivity contribution in [2.75, 3.05) is 18.5 Å². The van der Waals surface area contributed by atoms with Gasteiger partial charge in [-0.05, 0) is 54.1 Å². The van der Waals surface area contributed by atoms with Crippen molar-refractivity contribution in [2.45, 2.75) is 19.0 Å². The molecule has 0 fully saturated rings. The molecule has 0 heterocycles. The first-order chi connectivity index (χ1) is 18.8. The second-order valence-corrected chi connectivity index (χ2v) is 7.93. The number of nitrogens with one attached hydrogen (secondary N) is 1. The number of carboxylic acid groups (broad SMARTS) is 1. The lowest BCUT2D eigenvalue weighted by Crippen LogP contribution is -2.17. The van der Waals surface area contributed by atoms with E-state index in [0.29, 0.717) is 12.0 Å². The van der Waals surface area contributed by atoms with Gasteiger partial charge in [0.25, 0.3) is 5.91 Å². The third-order valence-electron chi connectivity index (χ3n) is 4.98. The standard InChI is InChI=1S/C26H20F6N2O6/c27-25(28,29)18-6-2-16(3-7-18)15-33-39-13-1-12-38-20-10-11-21(24(36)37)22(14-20)34-23(35)17-4-8-19(9-5-17)40-26(30,31)32/h2-11,14-15H,1,12-13H2,(H,34,35)(H,36,37). The van der Waals surface area contributed by atoms with Gasteiger partial charge < -0.3 is 24.7 Å². The molecule has 0 unspecified atom stereocenters. The Balaban J connectivity index is 1.51. The summed E-state index contributed by atoms with van der Waals surface area (Å²) in [6.45, 7) is 0.207. The van der Waals surface area contributed by atoms with E-state index >= 15 is 0 Å². The summed E-state index contributed by atoms with van der Waals surface area (Å²) < 4.78 is 83.9. The minimum absolute atomic E-state index is 0.0498. The molecule has 2 N–H and O–H groups in total. The Morgan fingerprint density at radius 3 is 2.12 bits per heavy atom. The van der Waals surface area contributed by atoms with E-state index in [0.717, 1.165) is 36.4 Å². The van der Waals surface area contributed by atoms with Gasteiger partial charge in [0.2, 0.25) is 0 Å². The van der Waals surface area contributed by atoms with Crippen LogP contribution >= 0.6 is 0 Å². The van der Waals surface area contributed by atoms with Crippen LogP contribution in [0.1, 0.15) is 38.3 Å². The number of benzene rings is 3. The number of oxime groups is 1.